The van der Waals surface area contributed by atoms with Crippen molar-refractivity contribution in [3.05, 3.63) is 24.0 Å². The predicted octanol–water partition coefficient (Wildman–Crippen LogP) is 0.734. The van der Waals surface area contributed by atoms with E-state index >= 15 is 0 Å². The summed E-state index contributed by atoms with van der Waals surface area (Å²) in [6, 6.07) is 4.27. The van der Waals surface area contributed by atoms with Gasteiger partial charge in [0.25, 0.3) is 5.91 Å². The van der Waals surface area contributed by atoms with E-state index in [1.807, 2.05) is 6.07 Å². The molecule has 17 heavy (non-hydrogen) atoms. The monoisotopic (exact) mass is 234 g/mol. The Labute approximate surface area is 101 Å². The third-order valence-electron chi connectivity index (χ3n) is 2.71. The minimum Gasteiger partial charge on any atom is -0.385 e. The molecule has 0 spiro atoms. The molecular weight excluding hydrogens is 216 g/mol. The third kappa shape index (κ3) is 4.03. The van der Waals surface area contributed by atoms with Crippen molar-refractivity contribution in [2.75, 3.05) is 18.4 Å². The standard InChI is InChI=1S/C12H18N4O/c13-12(17)11-8-10(4-7-16-11)15-6-1-5-14-9-2-3-9/h4,7-9,14H,1-3,5-6H2,(H2,13,17)(H,15,16). The molecule has 0 radical (unpaired) electrons. The summed E-state index contributed by atoms with van der Waals surface area (Å²) in [5, 5.41) is 6.69. The van der Waals surface area contributed by atoms with Crippen molar-refractivity contribution in [1.82, 2.24) is 10.3 Å². The number of anilines is 1. The summed E-state index contributed by atoms with van der Waals surface area (Å²) in [6.45, 7) is 1.91. The van der Waals surface area contributed by atoms with Crippen molar-refractivity contribution < 1.29 is 4.79 Å². The molecule has 1 aliphatic carbocycles. The minimum absolute atomic E-state index is 0.297. The van der Waals surface area contributed by atoms with Crippen molar-refractivity contribution in [2.45, 2.75) is 25.3 Å². The van der Waals surface area contributed by atoms with Gasteiger partial charge in [-0.15, -0.1) is 0 Å². The largest absolute Gasteiger partial charge is 0.385 e. The van der Waals surface area contributed by atoms with Crippen LogP contribution in [0.3, 0.4) is 0 Å². The van der Waals surface area contributed by atoms with Crippen LogP contribution in [-0.2, 0) is 0 Å². The van der Waals surface area contributed by atoms with Gasteiger partial charge in [0.15, 0.2) is 0 Å². The number of carbonyl (C=O) groups is 1. The van der Waals surface area contributed by atoms with E-state index in [1.54, 1.807) is 12.3 Å². The molecule has 1 amide bonds. The fraction of sp³-hybridized carbons (Fsp3) is 0.500. The van der Waals surface area contributed by atoms with Gasteiger partial charge in [-0.2, -0.15) is 0 Å². The van der Waals surface area contributed by atoms with Crippen LogP contribution in [-0.4, -0.2) is 30.0 Å². The van der Waals surface area contributed by atoms with E-state index in [-0.39, 0.29) is 0 Å². The Morgan fingerprint density at radius 1 is 1.47 bits per heavy atom. The zero-order chi connectivity index (χ0) is 12.1. The van der Waals surface area contributed by atoms with Crippen LogP contribution in [0.15, 0.2) is 18.3 Å². The quantitative estimate of drug-likeness (QED) is 0.608. The van der Waals surface area contributed by atoms with Crippen LogP contribution in [0.2, 0.25) is 0 Å². The maximum atomic E-state index is 10.9. The van der Waals surface area contributed by atoms with Crippen LogP contribution in [0.25, 0.3) is 0 Å². The van der Waals surface area contributed by atoms with Gasteiger partial charge in [0.2, 0.25) is 0 Å². The van der Waals surface area contributed by atoms with E-state index < -0.39 is 5.91 Å². The Morgan fingerprint density at radius 3 is 3.00 bits per heavy atom. The lowest BCUT2D eigenvalue weighted by Crippen LogP contribution is -2.20. The first kappa shape index (κ1) is 11.9. The van der Waals surface area contributed by atoms with E-state index in [2.05, 4.69) is 15.6 Å². The normalized spacial score (nSPS) is 14.6. The summed E-state index contributed by atoms with van der Waals surface area (Å²) in [5.74, 6) is -0.496. The molecule has 0 atom stereocenters. The lowest BCUT2D eigenvalue weighted by Gasteiger charge is -2.07. The first-order valence-electron chi connectivity index (χ1n) is 5.99. The number of nitrogens with two attached hydrogens (primary N) is 1. The van der Waals surface area contributed by atoms with Crippen LogP contribution in [0.5, 0.6) is 0 Å². The van der Waals surface area contributed by atoms with Gasteiger partial charge in [-0.05, 0) is 37.9 Å². The van der Waals surface area contributed by atoms with E-state index in [9.17, 15) is 4.79 Å². The lowest BCUT2D eigenvalue weighted by atomic mass is 10.3. The number of hydrogen-bond donors (Lipinski definition) is 3. The zero-order valence-corrected chi connectivity index (χ0v) is 9.78. The Hall–Kier alpha value is -1.62. The smallest absolute Gasteiger partial charge is 0.267 e. The number of pyridine rings is 1. The van der Waals surface area contributed by atoms with Crippen LogP contribution in [0.1, 0.15) is 29.8 Å². The van der Waals surface area contributed by atoms with Gasteiger partial charge in [0.05, 0.1) is 0 Å². The minimum atomic E-state index is -0.496. The van der Waals surface area contributed by atoms with Gasteiger partial charge in [0, 0.05) is 24.5 Å². The molecule has 1 fully saturated rings. The zero-order valence-electron chi connectivity index (χ0n) is 9.78. The molecule has 1 aromatic heterocycles. The van der Waals surface area contributed by atoms with Gasteiger partial charge >= 0.3 is 0 Å². The van der Waals surface area contributed by atoms with Crippen molar-refractivity contribution in [3.8, 4) is 0 Å². The average Bonchev–Trinajstić information content (AvgIpc) is 3.13. The summed E-state index contributed by atoms with van der Waals surface area (Å²) in [6.07, 6.45) is 5.29. The number of aromatic nitrogens is 1. The topological polar surface area (TPSA) is 80.0 Å². The number of carbonyl (C=O) groups excluding carboxylic acids is 1. The summed E-state index contributed by atoms with van der Waals surface area (Å²) in [5.41, 5.74) is 6.35. The fourth-order valence-electron chi connectivity index (χ4n) is 1.59. The molecule has 0 aromatic carbocycles. The SMILES string of the molecule is NC(=O)c1cc(NCCCNC2CC2)ccn1. The molecule has 1 aliphatic rings. The Bertz CT molecular complexity index is 390. The molecule has 92 valence electrons. The van der Waals surface area contributed by atoms with Crippen molar-refractivity contribution in [1.29, 1.82) is 0 Å². The second-order valence-electron chi connectivity index (χ2n) is 4.30. The third-order valence-corrected chi connectivity index (χ3v) is 2.71. The number of rotatable bonds is 7. The lowest BCUT2D eigenvalue weighted by molar-refractivity contribution is 0.0995. The highest BCUT2D eigenvalue weighted by Crippen LogP contribution is 2.18. The highest BCUT2D eigenvalue weighted by Gasteiger charge is 2.19. The molecule has 2 rings (SSSR count). The highest BCUT2D eigenvalue weighted by molar-refractivity contribution is 5.91. The van der Waals surface area contributed by atoms with Crippen LogP contribution in [0.4, 0.5) is 5.69 Å². The fourth-order valence-corrected chi connectivity index (χ4v) is 1.59. The van der Waals surface area contributed by atoms with Crippen molar-refractivity contribution >= 4 is 11.6 Å². The molecule has 0 saturated heterocycles. The number of nitrogens with zero attached hydrogens (tertiary/aromatic N) is 1. The van der Waals surface area contributed by atoms with E-state index in [1.165, 1.54) is 12.8 Å². The van der Waals surface area contributed by atoms with Gasteiger partial charge < -0.3 is 16.4 Å². The molecule has 4 N–H and O–H groups in total. The predicted molar refractivity (Wildman–Crippen MR) is 66.9 cm³/mol. The molecule has 5 nitrogen and oxygen atoms in total. The molecule has 0 bridgehead atoms. The second-order valence-corrected chi connectivity index (χ2v) is 4.30. The first-order chi connectivity index (χ1) is 8.25. The van der Waals surface area contributed by atoms with Gasteiger partial charge in [-0.25, -0.2) is 0 Å². The van der Waals surface area contributed by atoms with Crippen LogP contribution < -0.4 is 16.4 Å². The molecular formula is C12H18N4O. The maximum absolute atomic E-state index is 10.9. The number of primary amides is 1. The van der Waals surface area contributed by atoms with Crippen LogP contribution in [0, 0.1) is 0 Å². The molecule has 1 heterocycles. The van der Waals surface area contributed by atoms with Crippen LogP contribution >= 0.6 is 0 Å². The second kappa shape index (κ2) is 5.63. The molecule has 0 aliphatic heterocycles. The highest BCUT2D eigenvalue weighted by atomic mass is 16.1. The summed E-state index contributed by atoms with van der Waals surface area (Å²) < 4.78 is 0. The maximum Gasteiger partial charge on any atom is 0.267 e. The summed E-state index contributed by atoms with van der Waals surface area (Å²) in [7, 11) is 0. The molecule has 1 aromatic rings. The van der Waals surface area contributed by atoms with E-state index in [0.29, 0.717) is 5.69 Å². The molecule has 0 unspecified atom stereocenters. The Balaban J connectivity index is 1.70. The van der Waals surface area contributed by atoms with Gasteiger partial charge in [-0.1, -0.05) is 0 Å². The number of hydrogen-bond acceptors (Lipinski definition) is 4. The average molecular weight is 234 g/mol. The summed E-state index contributed by atoms with van der Waals surface area (Å²) in [4.78, 5) is 14.8. The van der Waals surface area contributed by atoms with E-state index in [0.717, 1.165) is 31.2 Å². The Morgan fingerprint density at radius 2 is 2.29 bits per heavy atom. The Kier molecular flexibility index (Phi) is 3.93. The van der Waals surface area contributed by atoms with Gasteiger partial charge in [0.1, 0.15) is 5.69 Å². The molecule has 1 saturated carbocycles. The van der Waals surface area contributed by atoms with Gasteiger partial charge in [-0.3, -0.25) is 9.78 Å². The summed E-state index contributed by atoms with van der Waals surface area (Å²) >= 11 is 0. The number of nitrogens with one attached hydrogen (secondary N) is 2. The van der Waals surface area contributed by atoms with Crippen molar-refractivity contribution in [3.63, 3.8) is 0 Å². The number of amides is 1. The van der Waals surface area contributed by atoms with Crippen molar-refractivity contribution in [2.24, 2.45) is 5.73 Å². The molecule has 5 heteroatoms. The van der Waals surface area contributed by atoms with E-state index in [4.69, 9.17) is 5.73 Å². The first-order valence-corrected chi connectivity index (χ1v) is 5.99.